The van der Waals surface area contributed by atoms with Gasteiger partial charge in [0.2, 0.25) is 0 Å². The van der Waals surface area contributed by atoms with Gasteiger partial charge in [-0.05, 0) is 79.4 Å². The minimum absolute atomic E-state index is 0.0585. The number of carbonyl (C=O) groups is 2. The monoisotopic (exact) mass is 514 g/mol. The van der Waals surface area contributed by atoms with Gasteiger partial charge in [0.05, 0.1) is 11.1 Å². The molecule has 198 valence electrons. The fourth-order valence-electron chi connectivity index (χ4n) is 6.54. The van der Waals surface area contributed by atoms with E-state index < -0.39 is 0 Å². The Kier molecular flexibility index (Phi) is 6.89. The number of hydrogen-bond donors (Lipinski definition) is 1. The highest BCUT2D eigenvalue weighted by atomic mass is 19.1. The molecule has 3 aliphatic heterocycles. The lowest BCUT2D eigenvalue weighted by molar-refractivity contribution is 0.0657. The summed E-state index contributed by atoms with van der Waals surface area (Å²) in [5.41, 5.74) is 2.20. The number of benzene rings is 3. The Morgan fingerprint density at radius 1 is 0.868 bits per heavy atom. The van der Waals surface area contributed by atoms with Crippen molar-refractivity contribution in [3.63, 3.8) is 0 Å². The molecule has 0 aromatic heterocycles. The van der Waals surface area contributed by atoms with Crippen molar-refractivity contribution in [3.05, 3.63) is 83.2 Å². The third kappa shape index (κ3) is 5.05. The molecule has 1 unspecified atom stereocenters. The first kappa shape index (κ1) is 25.0. The van der Waals surface area contributed by atoms with E-state index in [1.54, 1.807) is 18.2 Å². The van der Waals surface area contributed by atoms with Crippen molar-refractivity contribution in [1.82, 2.24) is 20.0 Å². The van der Waals surface area contributed by atoms with E-state index in [4.69, 9.17) is 0 Å². The SMILES string of the molecule is CN1CCN(C(=O)c2ccccc2C(=O)NC2C[C@H]3CC[C@@H](C2)N3Cc2ccc3cc(F)ccc3c2)CC1. The molecule has 3 fully saturated rings. The molecule has 0 radical (unpaired) electrons. The molecule has 1 N–H and O–H groups in total. The maximum Gasteiger partial charge on any atom is 0.254 e. The zero-order valence-electron chi connectivity index (χ0n) is 21.9. The number of piperidine rings is 1. The molecule has 3 heterocycles. The Labute approximate surface area is 223 Å². The molecule has 3 aromatic carbocycles. The summed E-state index contributed by atoms with van der Waals surface area (Å²) in [7, 11) is 2.06. The van der Waals surface area contributed by atoms with Crippen LogP contribution in [0.25, 0.3) is 10.8 Å². The van der Waals surface area contributed by atoms with Gasteiger partial charge in [0.25, 0.3) is 11.8 Å². The predicted octanol–water partition coefficient (Wildman–Crippen LogP) is 4.29. The molecule has 3 atom stereocenters. The highest BCUT2D eigenvalue weighted by molar-refractivity contribution is 6.07. The Hall–Kier alpha value is -3.29. The average molecular weight is 515 g/mol. The molecule has 3 aromatic rings. The van der Waals surface area contributed by atoms with Gasteiger partial charge in [0.1, 0.15) is 5.82 Å². The topological polar surface area (TPSA) is 55.9 Å². The van der Waals surface area contributed by atoms with Crippen molar-refractivity contribution in [2.45, 2.75) is 50.4 Å². The van der Waals surface area contributed by atoms with Crippen LogP contribution < -0.4 is 5.32 Å². The van der Waals surface area contributed by atoms with Gasteiger partial charge in [0, 0.05) is 50.8 Å². The molecule has 3 saturated heterocycles. The summed E-state index contributed by atoms with van der Waals surface area (Å²) in [6.07, 6.45) is 4.09. The van der Waals surface area contributed by atoms with E-state index in [0.29, 0.717) is 36.3 Å². The molecule has 2 bridgehead atoms. The highest BCUT2D eigenvalue weighted by Gasteiger charge is 2.41. The molecular formula is C31H35FN4O2. The zero-order valence-corrected chi connectivity index (χ0v) is 21.9. The lowest BCUT2D eigenvalue weighted by Crippen LogP contribution is -2.50. The smallest absolute Gasteiger partial charge is 0.254 e. The first-order valence-corrected chi connectivity index (χ1v) is 13.8. The summed E-state index contributed by atoms with van der Waals surface area (Å²) >= 11 is 0. The standard InChI is InChI=1S/C31H35FN4O2/c1-34-12-14-35(15-13-34)31(38)29-5-3-2-4-28(29)30(37)33-25-18-26-10-11-27(19-25)36(26)20-21-6-7-23-17-24(32)9-8-22(23)16-21/h2-9,16-17,25-27H,10-15,18-20H2,1H3,(H,33,37)/t25?,26-,27+. The van der Waals surface area contributed by atoms with Crippen LogP contribution in [-0.2, 0) is 6.54 Å². The van der Waals surface area contributed by atoms with Crippen LogP contribution in [0.15, 0.2) is 60.7 Å². The number of fused-ring (bicyclic) bond motifs is 3. The number of nitrogens with zero attached hydrogens (tertiary/aromatic N) is 3. The molecule has 2 amide bonds. The van der Waals surface area contributed by atoms with Crippen LogP contribution >= 0.6 is 0 Å². The number of likely N-dealkylation sites (N-methyl/N-ethyl adjacent to an activating group) is 1. The number of amides is 2. The second-order valence-electron chi connectivity index (χ2n) is 11.2. The Balaban J connectivity index is 1.11. The van der Waals surface area contributed by atoms with Gasteiger partial charge in [-0.15, -0.1) is 0 Å². The van der Waals surface area contributed by atoms with E-state index >= 15 is 0 Å². The van der Waals surface area contributed by atoms with Crippen LogP contribution in [0, 0.1) is 5.82 Å². The molecule has 38 heavy (non-hydrogen) atoms. The van der Waals surface area contributed by atoms with Crippen LogP contribution in [0.2, 0.25) is 0 Å². The van der Waals surface area contributed by atoms with Crippen molar-refractivity contribution >= 4 is 22.6 Å². The van der Waals surface area contributed by atoms with Gasteiger partial charge in [-0.2, -0.15) is 0 Å². The predicted molar refractivity (Wildman–Crippen MR) is 147 cm³/mol. The third-order valence-corrected chi connectivity index (χ3v) is 8.64. The molecule has 7 heteroatoms. The number of carbonyl (C=O) groups excluding carboxylic acids is 2. The van der Waals surface area contributed by atoms with Crippen molar-refractivity contribution in [3.8, 4) is 0 Å². The second-order valence-corrected chi connectivity index (χ2v) is 11.2. The fourth-order valence-corrected chi connectivity index (χ4v) is 6.54. The quantitative estimate of drug-likeness (QED) is 0.552. The average Bonchev–Trinajstić information content (AvgIpc) is 3.15. The summed E-state index contributed by atoms with van der Waals surface area (Å²) in [6.45, 7) is 3.92. The maximum absolute atomic E-state index is 13.6. The minimum atomic E-state index is -0.210. The van der Waals surface area contributed by atoms with Gasteiger partial charge in [-0.3, -0.25) is 14.5 Å². The Bertz CT molecular complexity index is 1340. The van der Waals surface area contributed by atoms with Gasteiger partial charge >= 0.3 is 0 Å². The van der Waals surface area contributed by atoms with Gasteiger partial charge in [-0.25, -0.2) is 4.39 Å². The Morgan fingerprint density at radius 2 is 1.53 bits per heavy atom. The van der Waals surface area contributed by atoms with Gasteiger partial charge in [0.15, 0.2) is 0 Å². The molecule has 6 rings (SSSR count). The molecule has 3 aliphatic rings. The Morgan fingerprint density at radius 3 is 2.26 bits per heavy atom. The largest absolute Gasteiger partial charge is 0.349 e. The minimum Gasteiger partial charge on any atom is -0.349 e. The van der Waals surface area contributed by atoms with E-state index in [0.717, 1.165) is 56.1 Å². The van der Waals surface area contributed by atoms with Crippen LogP contribution in [0.3, 0.4) is 0 Å². The second kappa shape index (κ2) is 10.5. The van der Waals surface area contributed by atoms with E-state index in [2.05, 4.69) is 34.3 Å². The van der Waals surface area contributed by atoms with E-state index in [1.165, 1.54) is 11.6 Å². The number of rotatable bonds is 5. The number of hydrogen-bond acceptors (Lipinski definition) is 4. The lowest BCUT2D eigenvalue weighted by Gasteiger charge is -2.39. The van der Waals surface area contributed by atoms with Crippen molar-refractivity contribution in [2.24, 2.45) is 0 Å². The summed E-state index contributed by atoms with van der Waals surface area (Å²) in [4.78, 5) is 33.3. The van der Waals surface area contributed by atoms with Gasteiger partial charge in [-0.1, -0.05) is 30.3 Å². The number of piperazine rings is 1. The molecular weight excluding hydrogens is 479 g/mol. The maximum atomic E-state index is 13.6. The number of nitrogens with one attached hydrogen (secondary N) is 1. The van der Waals surface area contributed by atoms with Crippen LogP contribution in [-0.4, -0.2) is 77.9 Å². The molecule has 0 aliphatic carbocycles. The van der Waals surface area contributed by atoms with E-state index in [-0.39, 0.29) is 23.7 Å². The first-order valence-electron chi connectivity index (χ1n) is 13.8. The van der Waals surface area contributed by atoms with Crippen molar-refractivity contribution in [2.75, 3.05) is 33.2 Å². The van der Waals surface area contributed by atoms with Crippen LogP contribution in [0.5, 0.6) is 0 Å². The summed E-state index contributed by atoms with van der Waals surface area (Å²) in [5.74, 6) is -0.418. The molecule has 0 spiro atoms. The van der Waals surface area contributed by atoms with Gasteiger partial charge < -0.3 is 15.1 Å². The summed E-state index contributed by atoms with van der Waals surface area (Å²) < 4.78 is 13.6. The molecule has 0 saturated carbocycles. The zero-order chi connectivity index (χ0) is 26.2. The summed E-state index contributed by atoms with van der Waals surface area (Å²) in [5, 5.41) is 5.25. The van der Waals surface area contributed by atoms with Crippen LogP contribution in [0.4, 0.5) is 4.39 Å². The third-order valence-electron chi connectivity index (χ3n) is 8.64. The summed E-state index contributed by atoms with van der Waals surface area (Å²) in [6, 6.07) is 19.4. The van der Waals surface area contributed by atoms with E-state index in [9.17, 15) is 14.0 Å². The molecule has 6 nitrogen and oxygen atoms in total. The highest BCUT2D eigenvalue weighted by Crippen LogP contribution is 2.37. The first-order chi connectivity index (χ1) is 18.4. The number of halogens is 1. The normalized spacial score (nSPS) is 24.1. The fraction of sp³-hybridized carbons (Fsp3) is 0.419. The lowest BCUT2D eigenvalue weighted by atomic mass is 9.95. The van der Waals surface area contributed by atoms with E-state index in [1.807, 2.05) is 29.2 Å². The van der Waals surface area contributed by atoms with Crippen molar-refractivity contribution < 1.29 is 14.0 Å². The van der Waals surface area contributed by atoms with Crippen molar-refractivity contribution in [1.29, 1.82) is 0 Å². The van der Waals surface area contributed by atoms with Crippen LogP contribution in [0.1, 0.15) is 52.0 Å².